The molecule has 1 aromatic carbocycles. The molecule has 50 heteroatoms. The number of carboxylic acids is 4. The highest BCUT2D eigenvalue weighted by atomic mass is 32.2. The van der Waals surface area contributed by atoms with E-state index in [-0.39, 0.29) is 86.8 Å². The van der Waals surface area contributed by atoms with Crippen LogP contribution in [0.4, 0.5) is 0 Å². The molecule has 1 saturated heterocycles. The highest BCUT2D eigenvalue weighted by Gasteiger charge is 2.44. The van der Waals surface area contributed by atoms with E-state index in [4.69, 9.17) is 10.8 Å². The molecule has 2 rings (SSSR count). The zero-order valence-electron chi connectivity index (χ0n) is 77.6. The second-order valence-electron chi connectivity index (χ2n) is 34.3. The summed E-state index contributed by atoms with van der Waals surface area (Å²) in [6.45, 7) is 17.6. The Bertz CT molecular complexity index is 4210. The van der Waals surface area contributed by atoms with Crippen LogP contribution >= 0.6 is 37.0 Å². The zero-order valence-corrected chi connectivity index (χ0v) is 80.2. The number of aliphatic hydroxyl groups excluding tert-OH is 3. The number of phenols is 1. The smallest absolute Gasteiger partial charge is 0.326 e. The maximum Gasteiger partial charge on any atom is 0.326 e. The summed E-state index contributed by atoms with van der Waals surface area (Å²) in [4.78, 5) is 286. The molecule has 26 N–H and O–H groups in total. The maximum atomic E-state index is 14.6. The number of carboxylic acid groups (broad SMARTS) is 4. The molecule has 0 aliphatic carbocycles. The lowest BCUT2D eigenvalue weighted by molar-refractivity contribution is -0.144. The number of nitrogens with two attached hydrogens (primary N) is 1. The molecular formula is C84H136N18O29S3. The van der Waals surface area contributed by atoms with Gasteiger partial charge < -0.3 is 137 Å². The number of carbonyl (C=O) groups is 21. The van der Waals surface area contributed by atoms with E-state index in [1.807, 2.05) is 5.32 Å². The Morgan fingerprint density at radius 3 is 1.22 bits per heavy atom. The SMILES string of the molecule is CC[C@H](C)[C@H](NC(=O)[C@H](C)NC(=O)[C@H](CO)NC(=O)[C@H](CC(C)C)NC(=O)[C@H](CCC(=O)O)NC(=O)[C@@H](NC(=O)[C@@H]1CCCN1C(=O)[C@@H](NC(=O)[C@H](CS)NC(=O)[C@H](CS)NC(=O)[C@H](C)N)C(C)C)[C@@H](C)O)C(=O)N[C@@H](CO)C(=O)N[C@@H](CCSC)C(=O)N[C@@H](CC(C)C)C(=O)N[C@@H](Cc1ccc(O)cc1)C(=O)N[C@@H](CC(C)C)C(=O)N[C@@H](CC(=O)O)C(=O)N[C@@H](CCC(=O)O)C(=O)O. The Hall–Kier alpha value is -11.2. The van der Waals surface area contributed by atoms with Crippen molar-refractivity contribution in [2.24, 2.45) is 35.3 Å². The van der Waals surface area contributed by atoms with Gasteiger partial charge in [-0.25, -0.2) is 4.79 Å². The fraction of sp³-hybridized carbons (Fsp3) is 0.679. The normalized spacial score (nSPS) is 16.7. The molecule has 20 atom stereocenters. The topological polar surface area (TPSA) is 742 Å². The number of aliphatic hydroxyl groups is 3. The predicted octanol–water partition coefficient (Wildman–Crippen LogP) is -5.84. The van der Waals surface area contributed by atoms with Gasteiger partial charge >= 0.3 is 23.9 Å². The third-order valence-electron chi connectivity index (χ3n) is 21.2. The molecule has 0 unspecified atom stereocenters. The molecule has 134 heavy (non-hydrogen) atoms. The second kappa shape index (κ2) is 59.5. The molecule has 0 radical (unpaired) electrons. The Morgan fingerprint density at radius 2 is 0.791 bits per heavy atom. The number of benzene rings is 1. The molecule has 0 bridgehead atoms. The Balaban J connectivity index is 2.39. The van der Waals surface area contributed by atoms with Gasteiger partial charge in [0.25, 0.3) is 0 Å². The third kappa shape index (κ3) is 41.3. The third-order valence-corrected chi connectivity index (χ3v) is 22.6. The van der Waals surface area contributed by atoms with Gasteiger partial charge in [-0.05, 0) is 131 Å². The molecule has 0 aromatic heterocycles. The number of rotatable bonds is 61. The summed E-state index contributed by atoms with van der Waals surface area (Å²) in [5, 5.41) is 119. The van der Waals surface area contributed by atoms with Gasteiger partial charge in [0, 0.05) is 37.3 Å². The van der Waals surface area contributed by atoms with Gasteiger partial charge in [0.1, 0.15) is 108 Å². The quantitative estimate of drug-likeness (QED) is 0.0270. The molecule has 1 aliphatic rings. The first kappa shape index (κ1) is 119. The number of thiol groups is 2. The van der Waals surface area contributed by atoms with Crippen molar-refractivity contribution >= 4 is 161 Å². The summed E-state index contributed by atoms with van der Waals surface area (Å²) >= 11 is 9.55. The van der Waals surface area contributed by atoms with E-state index in [9.17, 15) is 136 Å². The van der Waals surface area contributed by atoms with Crippen LogP contribution in [0.5, 0.6) is 5.75 Å². The largest absolute Gasteiger partial charge is 0.508 e. The number of nitrogens with zero attached hydrogens (tertiary/aromatic N) is 1. The van der Waals surface area contributed by atoms with Crippen molar-refractivity contribution in [2.75, 3.05) is 43.3 Å². The van der Waals surface area contributed by atoms with Crippen LogP contribution in [0.1, 0.15) is 173 Å². The summed E-state index contributed by atoms with van der Waals surface area (Å²) < 4.78 is 0. The molecule has 0 spiro atoms. The molecule has 17 amide bonds. The van der Waals surface area contributed by atoms with Gasteiger partial charge in [0.15, 0.2) is 0 Å². The minimum atomic E-state index is -1.97. The Kier molecular flexibility index (Phi) is 52.8. The van der Waals surface area contributed by atoms with Crippen LogP contribution < -0.4 is 90.8 Å². The van der Waals surface area contributed by atoms with Crippen molar-refractivity contribution in [3.63, 3.8) is 0 Å². The van der Waals surface area contributed by atoms with Crippen LogP contribution in [-0.2, 0) is 107 Å². The number of aromatic hydroxyl groups is 1. The molecule has 1 heterocycles. The number of hydrogen-bond donors (Lipinski definition) is 27. The van der Waals surface area contributed by atoms with Crippen molar-refractivity contribution < 1.29 is 142 Å². The van der Waals surface area contributed by atoms with Crippen LogP contribution in [0, 0.1) is 29.6 Å². The average molecular weight is 1960 g/mol. The van der Waals surface area contributed by atoms with E-state index in [1.165, 1.54) is 49.9 Å². The first-order valence-electron chi connectivity index (χ1n) is 43.9. The number of amides is 17. The fourth-order valence-corrected chi connectivity index (χ4v) is 14.4. The van der Waals surface area contributed by atoms with Crippen molar-refractivity contribution in [2.45, 2.75) is 288 Å². The Morgan fingerprint density at radius 1 is 0.425 bits per heavy atom. The number of hydrogen-bond acceptors (Lipinski definition) is 29. The number of phenolic OH excluding ortho intramolecular Hbond substituents is 1. The molecule has 47 nitrogen and oxygen atoms in total. The van der Waals surface area contributed by atoms with Gasteiger partial charge in [-0.15, -0.1) is 0 Å². The molecule has 0 saturated carbocycles. The molecule has 754 valence electrons. The first-order chi connectivity index (χ1) is 62.7. The van der Waals surface area contributed by atoms with Crippen LogP contribution in [0.3, 0.4) is 0 Å². The minimum absolute atomic E-state index is 0.0195. The monoisotopic (exact) mass is 1960 g/mol. The van der Waals surface area contributed by atoms with Gasteiger partial charge in [0.05, 0.1) is 31.8 Å². The van der Waals surface area contributed by atoms with Crippen LogP contribution in [0.2, 0.25) is 0 Å². The van der Waals surface area contributed by atoms with Gasteiger partial charge in [-0.1, -0.05) is 87.8 Å². The first-order valence-corrected chi connectivity index (χ1v) is 46.5. The standard InChI is InChI=1S/C84H136N18O29S3/c1-15-42(10)65(81(127)96-57(35-104)77(123)87-49(26-28-134-14)70(116)91-51(29-38(2)3)71(117)93-54(32-46-18-20-47(106)21-19-46)74(120)92-52(30-39(4)5)72(118)94-55(33-63(111)112)75(121)89-50(84(130)131)23-25-62(109)110)100-68(114)44(12)86-76(122)56(34-103)95-73(119)53(31-40(6)7)90-69(115)48(22-24-61(107)108)88-82(128)66(45(13)105)101-80(126)60-17-16-27-102(60)83(129)64(41(8)9)99-79(125)59(37-133)98-78(124)58(36-132)97-67(113)43(11)85/h18-21,38-45,48-60,64-66,103-106,132-133H,15-17,22-37,85H2,1-14H3,(H,86,122)(H,87,123)(H,88,128)(H,89,121)(H,90,115)(H,91,116)(H,92,120)(H,93,117)(H,94,118)(H,95,119)(H,96,127)(H,97,113)(H,98,124)(H,99,125)(H,100,114)(H,101,126)(H,107,108)(H,109,110)(H,111,112)(H,130,131)/t42-,43-,44-,45+,48-,49-,50-,51-,52-,53-,54-,55-,56-,57-,58-,59-,60-,64-,65-,66-/m0/s1. The lowest BCUT2D eigenvalue weighted by Crippen LogP contribution is -2.62. The van der Waals surface area contributed by atoms with Gasteiger partial charge in [-0.3, -0.25) is 95.9 Å². The van der Waals surface area contributed by atoms with Crippen LogP contribution in [-0.4, -0.2) is 328 Å². The fourth-order valence-electron chi connectivity index (χ4n) is 13.5. The van der Waals surface area contributed by atoms with E-state index in [1.54, 1.807) is 68.6 Å². The lowest BCUT2D eigenvalue weighted by Gasteiger charge is -2.32. The molecule has 1 aromatic rings. The van der Waals surface area contributed by atoms with Crippen molar-refractivity contribution in [1.82, 2.24) is 90.0 Å². The minimum Gasteiger partial charge on any atom is -0.508 e. The van der Waals surface area contributed by atoms with Crippen LogP contribution in [0.25, 0.3) is 0 Å². The van der Waals surface area contributed by atoms with Crippen molar-refractivity contribution in [3.05, 3.63) is 29.8 Å². The second-order valence-corrected chi connectivity index (χ2v) is 36.1. The summed E-state index contributed by atoms with van der Waals surface area (Å²) in [6, 6.07) is -23.0. The van der Waals surface area contributed by atoms with E-state index < -0.39 is 308 Å². The summed E-state index contributed by atoms with van der Waals surface area (Å²) in [7, 11) is 0. The van der Waals surface area contributed by atoms with E-state index in [0.29, 0.717) is 5.56 Å². The maximum absolute atomic E-state index is 14.6. The number of thioether (sulfide) groups is 1. The van der Waals surface area contributed by atoms with E-state index >= 15 is 0 Å². The zero-order chi connectivity index (χ0) is 102. The highest BCUT2D eigenvalue weighted by molar-refractivity contribution is 7.98. The van der Waals surface area contributed by atoms with Gasteiger partial charge in [0.2, 0.25) is 100 Å². The predicted molar refractivity (Wildman–Crippen MR) is 490 cm³/mol. The summed E-state index contributed by atoms with van der Waals surface area (Å²) in [5.41, 5.74) is 5.96. The summed E-state index contributed by atoms with van der Waals surface area (Å²) in [5.74, 6) is -26.7. The molecule has 1 fully saturated rings. The summed E-state index contributed by atoms with van der Waals surface area (Å²) in [6.07, 6.45) is -4.48. The number of aliphatic carboxylic acids is 4. The Labute approximate surface area is 791 Å². The van der Waals surface area contributed by atoms with Gasteiger partial charge in [-0.2, -0.15) is 37.0 Å². The van der Waals surface area contributed by atoms with E-state index in [0.717, 1.165) is 18.7 Å². The number of likely N-dealkylation sites (tertiary alicyclic amines) is 1. The average Bonchev–Trinajstić information content (AvgIpc) is 1.65. The van der Waals surface area contributed by atoms with Crippen LogP contribution in [0.15, 0.2) is 24.3 Å². The molecule has 1 aliphatic heterocycles. The number of nitrogens with one attached hydrogen (secondary N) is 16. The van der Waals surface area contributed by atoms with Crippen molar-refractivity contribution in [1.29, 1.82) is 0 Å². The highest BCUT2D eigenvalue weighted by Crippen LogP contribution is 2.23. The lowest BCUT2D eigenvalue weighted by atomic mass is 9.97. The van der Waals surface area contributed by atoms with E-state index in [2.05, 4.69) is 105 Å². The number of carbonyl (C=O) groups excluding carboxylic acids is 17. The van der Waals surface area contributed by atoms with Crippen molar-refractivity contribution in [3.8, 4) is 5.75 Å². The molecular weight excluding hydrogens is 1820 g/mol.